The number of rotatable bonds is 6. The number of benzene rings is 2. The molecule has 0 spiro atoms. The Bertz CT molecular complexity index is 747. The van der Waals surface area contributed by atoms with Crippen LogP contribution in [0.4, 0.5) is 5.69 Å². The summed E-state index contributed by atoms with van der Waals surface area (Å²) in [4.78, 5) is 22.4. The van der Waals surface area contributed by atoms with Gasteiger partial charge in [-0.3, -0.25) is 14.9 Å². The van der Waals surface area contributed by atoms with Crippen molar-refractivity contribution in [3.8, 4) is 5.75 Å². The lowest BCUT2D eigenvalue weighted by Gasteiger charge is -2.15. The molecule has 0 aliphatic heterocycles. The summed E-state index contributed by atoms with van der Waals surface area (Å²) >= 11 is 5.74. The average Bonchev–Trinajstić information content (AvgIpc) is 2.54. The van der Waals surface area contributed by atoms with Crippen molar-refractivity contribution in [2.45, 2.75) is 19.9 Å². The van der Waals surface area contributed by atoms with Crippen LogP contribution in [0.3, 0.4) is 0 Å². The maximum Gasteiger partial charge on any atom is 0.288 e. The van der Waals surface area contributed by atoms with Crippen LogP contribution in [0.5, 0.6) is 5.75 Å². The Morgan fingerprint density at radius 1 is 1.29 bits per heavy atom. The largest absolute Gasteiger partial charge is 0.491 e. The van der Waals surface area contributed by atoms with Crippen molar-refractivity contribution in [2.24, 2.45) is 0 Å². The fourth-order valence-electron chi connectivity index (χ4n) is 2.00. The molecule has 0 aliphatic carbocycles. The van der Waals surface area contributed by atoms with Crippen molar-refractivity contribution in [1.29, 1.82) is 0 Å². The van der Waals surface area contributed by atoms with Crippen molar-refractivity contribution < 1.29 is 14.5 Å². The first-order valence-electron chi connectivity index (χ1n) is 7.31. The number of halogens is 1. The number of carbonyl (C=O) groups excluding carboxylic acids is 1. The third-order valence-electron chi connectivity index (χ3n) is 3.30. The maximum atomic E-state index is 12.2. The lowest BCUT2D eigenvalue weighted by molar-refractivity contribution is -0.384. The average molecular weight is 349 g/mol. The van der Waals surface area contributed by atoms with Gasteiger partial charge in [-0.25, -0.2) is 0 Å². The molecule has 126 valence electrons. The van der Waals surface area contributed by atoms with Gasteiger partial charge in [-0.05, 0) is 38.1 Å². The summed E-state index contributed by atoms with van der Waals surface area (Å²) in [5.41, 5.74) is 1.01. The Morgan fingerprint density at radius 3 is 2.58 bits per heavy atom. The molecule has 0 aromatic heterocycles. The summed E-state index contributed by atoms with van der Waals surface area (Å²) < 4.78 is 5.60. The van der Waals surface area contributed by atoms with E-state index in [0.717, 1.165) is 11.6 Å². The van der Waals surface area contributed by atoms with Crippen LogP contribution in [0.2, 0.25) is 5.02 Å². The molecule has 24 heavy (non-hydrogen) atoms. The van der Waals surface area contributed by atoms with Crippen molar-refractivity contribution in [3.63, 3.8) is 0 Å². The first-order chi connectivity index (χ1) is 11.4. The Labute approximate surface area is 144 Å². The lowest BCUT2D eigenvalue weighted by Crippen LogP contribution is -2.36. The first kappa shape index (κ1) is 17.7. The molecule has 0 fully saturated rings. The van der Waals surface area contributed by atoms with Crippen molar-refractivity contribution in [2.75, 3.05) is 6.61 Å². The highest BCUT2D eigenvalue weighted by atomic mass is 35.5. The zero-order valence-electron chi connectivity index (χ0n) is 13.3. The zero-order chi connectivity index (χ0) is 17.7. The standard InChI is InChI=1S/C17H17ClN2O4/c1-11-3-6-14(7-4-11)24-10-12(2)19-17(21)13-5-8-15(18)16(9-13)20(22)23/h3-9,12H,10H2,1-2H3,(H,19,21)/t12-/m1/s1. The topological polar surface area (TPSA) is 81.5 Å². The first-order valence-corrected chi connectivity index (χ1v) is 7.69. The monoisotopic (exact) mass is 348 g/mol. The summed E-state index contributed by atoms with van der Waals surface area (Å²) in [5.74, 6) is 0.290. The van der Waals surface area contributed by atoms with Crippen molar-refractivity contribution >= 4 is 23.2 Å². The molecule has 0 aliphatic rings. The number of nitro groups is 1. The van der Waals surface area contributed by atoms with Gasteiger partial charge in [-0.15, -0.1) is 0 Å². The number of nitrogens with zero attached hydrogens (tertiary/aromatic N) is 1. The molecule has 0 saturated heterocycles. The van der Waals surface area contributed by atoms with Gasteiger partial charge in [0.2, 0.25) is 0 Å². The molecular weight excluding hydrogens is 332 g/mol. The van der Waals surface area contributed by atoms with Gasteiger partial charge >= 0.3 is 0 Å². The Balaban J connectivity index is 1.95. The van der Waals surface area contributed by atoms with Crippen LogP contribution in [-0.4, -0.2) is 23.5 Å². The molecule has 2 aromatic carbocycles. The third-order valence-corrected chi connectivity index (χ3v) is 3.62. The molecule has 0 bridgehead atoms. The minimum atomic E-state index is -0.622. The number of aryl methyl sites for hydroxylation is 1. The predicted octanol–water partition coefficient (Wildman–Crippen LogP) is 3.75. The van der Waals surface area contributed by atoms with E-state index in [-0.39, 0.29) is 28.9 Å². The highest BCUT2D eigenvalue weighted by molar-refractivity contribution is 6.32. The molecule has 2 rings (SSSR count). The predicted molar refractivity (Wildman–Crippen MR) is 91.7 cm³/mol. The van der Waals surface area contributed by atoms with E-state index in [4.69, 9.17) is 16.3 Å². The van der Waals surface area contributed by atoms with E-state index in [1.54, 1.807) is 6.92 Å². The van der Waals surface area contributed by atoms with Gasteiger partial charge in [0.1, 0.15) is 17.4 Å². The molecule has 7 heteroatoms. The number of ether oxygens (including phenoxy) is 1. The van der Waals surface area contributed by atoms with Crippen LogP contribution >= 0.6 is 11.6 Å². The fraction of sp³-hybridized carbons (Fsp3) is 0.235. The molecule has 0 saturated carbocycles. The molecule has 1 N–H and O–H groups in total. The molecule has 2 aromatic rings. The summed E-state index contributed by atoms with van der Waals surface area (Å²) in [7, 11) is 0. The van der Waals surface area contributed by atoms with Gasteiger partial charge in [-0.2, -0.15) is 0 Å². The number of nitrogens with one attached hydrogen (secondary N) is 1. The van der Waals surface area contributed by atoms with Gasteiger partial charge in [0.05, 0.1) is 11.0 Å². The fourth-order valence-corrected chi connectivity index (χ4v) is 2.18. The maximum absolute atomic E-state index is 12.2. The number of amides is 1. The minimum Gasteiger partial charge on any atom is -0.491 e. The Hall–Kier alpha value is -2.60. The van der Waals surface area contributed by atoms with Crippen LogP contribution in [-0.2, 0) is 0 Å². The molecule has 1 amide bonds. The zero-order valence-corrected chi connectivity index (χ0v) is 14.0. The minimum absolute atomic E-state index is 0.00713. The molecule has 0 unspecified atom stereocenters. The van der Waals surface area contributed by atoms with Crippen LogP contribution < -0.4 is 10.1 Å². The molecule has 6 nitrogen and oxygen atoms in total. The number of carbonyl (C=O) groups is 1. The van der Waals surface area contributed by atoms with Gasteiger partial charge in [-0.1, -0.05) is 29.3 Å². The lowest BCUT2D eigenvalue weighted by atomic mass is 10.2. The number of hydrogen-bond acceptors (Lipinski definition) is 4. The van der Waals surface area contributed by atoms with Crippen molar-refractivity contribution in [1.82, 2.24) is 5.32 Å². The summed E-state index contributed by atoms with van der Waals surface area (Å²) in [6, 6.07) is 11.2. The van der Waals surface area contributed by atoms with E-state index >= 15 is 0 Å². The third kappa shape index (κ3) is 4.70. The smallest absolute Gasteiger partial charge is 0.288 e. The Morgan fingerprint density at radius 2 is 1.96 bits per heavy atom. The Kier molecular flexibility index (Phi) is 5.76. The van der Waals surface area contributed by atoms with Gasteiger partial charge in [0.25, 0.3) is 11.6 Å². The van der Waals surface area contributed by atoms with E-state index in [2.05, 4.69) is 5.32 Å². The molecule has 0 radical (unpaired) electrons. The van der Waals surface area contributed by atoms with Crippen molar-refractivity contribution in [3.05, 3.63) is 68.7 Å². The normalized spacial score (nSPS) is 11.6. The van der Waals surface area contributed by atoms with E-state index in [9.17, 15) is 14.9 Å². The van der Waals surface area contributed by atoms with Crippen LogP contribution in [0.25, 0.3) is 0 Å². The van der Waals surface area contributed by atoms with Crippen LogP contribution in [0.1, 0.15) is 22.8 Å². The molecule has 1 atom stereocenters. The SMILES string of the molecule is Cc1ccc(OC[C@@H](C)NC(=O)c2ccc(Cl)c([N+](=O)[O-])c2)cc1. The quantitative estimate of drug-likeness (QED) is 0.636. The van der Waals surface area contributed by atoms with E-state index in [1.165, 1.54) is 12.1 Å². The summed E-state index contributed by atoms with van der Waals surface area (Å²) in [6.07, 6.45) is 0. The molecule has 0 heterocycles. The second kappa shape index (κ2) is 7.79. The second-order valence-electron chi connectivity index (χ2n) is 5.42. The number of hydrogen-bond donors (Lipinski definition) is 1. The van der Waals surface area contributed by atoms with Crippen LogP contribution in [0.15, 0.2) is 42.5 Å². The van der Waals surface area contributed by atoms with E-state index in [1.807, 2.05) is 31.2 Å². The van der Waals surface area contributed by atoms with E-state index < -0.39 is 10.8 Å². The van der Waals surface area contributed by atoms with Gasteiger partial charge in [0, 0.05) is 11.6 Å². The van der Waals surface area contributed by atoms with Gasteiger partial charge < -0.3 is 10.1 Å². The summed E-state index contributed by atoms with van der Waals surface area (Å²) in [5, 5.41) is 13.6. The number of nitro benzene ring substituents is 1. The molecular formula is C17H17ClN2O4. The van der Waals surface area contributed by atoms with Gasteiger partial charge in [0.15, 0.2) is 0 Å². The summed E-state index contributed by atoms with van der Waals surface area (Å²) in [6.45, 7) is 4.05. The highest BCUT2D eigenvalue weighted by Crippen LogP contribution is 2.25. The van der Waals surface area contributed by atoms with E-state index in [0.29, 0.717) is 5.75 Å². The van der Waals surface area contributed by atoms with Crippen LogP contribution in [0, 0.1) is 17.0 Å². The highest BCUT2D eigenvalue weighted by Gasteiger charge is 2.17. The second-order valence-corrected chi connectivity index (χ2v) is 5.83.